The molecule has 0 bridgehead atoms. The number of aliphatic hydroxyl groups excluding tert-OH is 1. The van der Waals surface area contributed by atoms with Crippen molar-refractivity contribution in [2.24, 2.45) is 0 Å². The van der Waals surface area contributed by atoms with Crippen LogP contribution in [0.3, 0.4) is 0 Å². The van der Waals surface area contributed by atoms with Gasteiger partial charge < -0.3 is 15.7 Å². The predicted octanol–water partition coefficient (Wildman–Crippen LogP) is 0.139. The second-order valence-corrected chi connectivity index (χ2v) is 4.87. The Kier molecular flexibility index (Phi) is 3.49. The highest BCUT2D eigenvalue weighted by Crippen LogP contribution is 2.18. The number of rotatable bonds is 3. The molecule has 1 saturated heterocycles. The standard InChI is InChI=1S/C14H16N4O2/c19-13-8-15-7-12(13)18-14(20)10-3-1-2-9(4-10)11-5-16-17-6-11/h1-6,12-13,15,19H,7-8H2,(H,16,17)(H,18,20)/t12-,13-/m1/s1. The molecule has 1 aromatic heterocycles. The van der Waals surface area contributed by atoms with E-state index in [9.17, 15) is 9.90 Å². The van der Waals surface area contributed by atoms with Crippen molar-refractivity contribution < 1.29 is 9.90 Å². The lowest BCUT2D eigenvalue weighted by molar-refractivity contribution is 0.0888. The summed E-state index contributed by atoms with van der Waals surface area (Å²) in [5, 5.41) is 22.2. The van der Waals surface area contributed by atoms with Crippen LogP contribution in [0.4, 0.5) is 0 Å². The van der Waals surface area contributed by atoms with Gasteiger partial charge in [0.05, 0.1) is 18.3 Å². The van der Waals surface area contributed by atoms with Crippen molar-refractivity contribution >= 4 is 5.91 Å². The molecule has 2 heterocycles. The maximum atomic E-state index is 12.2. The van der Waals surface area contributed by atoms with E-state index in [0.717, 1.165) is 11.1 Å². The van der Waals surface area contributed by atoms with Crippen LogP contribution in [0.5, 0.6) is 0 Å². The molecule has 2 atom stereocenters. The molecule has 0 aliphatic carbocycles. The number of benzene rings is 1. The number of carbonyl (C=O) groups excluding carboxylic acids is 1. The quantitative estimate of drug-likeness (QED) is 0.640. The Morgan fingerprint density at radius 1 is 1.35 bits per heavy atom. The van der Waals surface area contributed by atoms with E-state index in [1.807, 2.05) is 18.2 Å². The highest BCUT2D eigenvalue weighted by molar-refractivity contribution is 5.95. The molecule has 104 valence electrons. The lowest BCUT2D eigenvalue weighted by Crippen LogP contribution is -2.42. The Bertz CT molecular complexity index is 597. The zero-order chi connectivity index (χ0) is 13.9. The number of hydrogen-bond acceptors (Lipinski definition) is 4. The van der Waals surface area contributed by atoms with Crippen molar-refractivity contribution in [2.45, 2.75) is 12.1 Å². The number of carbonyl (C=O) groups is 1. The summed E-state index contributed by atoms with van der Waals surface area (Å²) in [6, 6.07) is 7.09. The van der Waals surface area contributed by atoms with E-state index in [-0.39, 0.29) is 11.9 Å². The van der Waals surface area contributed by atoms with Gasteiger partial charge in [-0.15, -0.1) is 0 Å². The van der Waals surface area contributed by atoms with Crippen LogP contribution < -0.4 is 10.6 Å². The second kappa shape index (κ2) is 5.44. The van der Waals surface area contributed by atoms with Gasteiger partial charge in [-0.1, -0.05) is 12.1 Å². The number of aliphatic hydroxyl groups is 1. The Hall–Kier alpha value is -2.18. The summed E-state index contributed by atoms with van der Waals surface area (Å²) in [5.74, 6) is -0.178. The Labute approximate surface area is 116 Å². The molecular weight excluding hydrogens is 256 g/mol. The highest BCUT2D eigenvalue weighted by atomic mass is 16.3. The lowest BCUT2D eigenvalue weighted by Gasteiger charge is -2.15. The van der Waals surface area contributed by atoms with Crippen LogP contribution in [-0.4, -0.2) is 46.4 Å². The smallest absolute Gasteiger partial charge is 0.251 e. The first-order valence-corrected chi connectivity index (χ1v) is 6.53. The third kappa shape index (κ3) is 2.56. The summed E-state index contributed by atoms with van der Waals surface area (Å²) in [5.41, 5.74) is 2.43. The van der Waals surface area contributed by atoms with Crippen molar-refractivity contribution in [1.29, 1.82) is 0 Å². The van der Waals surface area contributed by atoms with Crippen LogP contribution in [0, 0.1) is 0 Å². The molecule has 0 spiro atoms. The van der Waals surface area contributed by atoms with Crippen molar-refractivity contribution in [2.75, 3.05) is 13.1 Å². The van der Waals surface area contributed by atoms with Crippen LogP contribution in [0.15, 0.2) is 36.7 Å². The zero-order valence-corrected chi connectivity index (χ0v) is 10.8. The van der Waals surface area contributed by atoms with Gasteiger partial charge in [-0.3, -0.25) is 9.89 Å². The molecule has 3 rings (SSSR count). The molecule has 1 amide bonds. The van der Waals surface area contributed by atoms with E-state index in [1.54, 1.807) is 18.5 Å². The molecular formula is C14H16N4O2. The van der Waals surface area contributed by atoms with Gasteiger partial charge in [0.2, 0.25) is 0 Å². The molecule has 0 radical (unpaired) electrons. The first-order valence-electron chi connectivity index (χ1n) is 6.53. The SMILES string of the molecule is O=C(N[C@@H]1CNC[C@H]1O)c1cccc(-c2cn[nH]c2)c1. The number of aromatic nitrogens is 2. The molecule has 4 N–H and O–H groups in total. The third-order valence-electron chi connectivity index (χ3n) is 3.45. The summed E-state index contributed by atoms with van der Waals surface area (Å²) >= 11 is 0. The monoisotopic (exact) mass is 272 g/mol. The largest absolute Gasteiger partial charge is 0.390 e. The number of amides is 1. The summed E-state index contributed by atoms with van der Waals surface area (Å²) < 4.78 is 0. The van der Waals surface area contributed by atoms with Gasteiger partial charge in [0.1, 0.15) is 0 Å². The average molecular weight is 272 g/mol. The summed E-state index contributed by atoms with van der Waals surface area (Å²) in [7, 11) is 0. The van der Waals surface area contributed by atoms with Gasteiger partial charge >= 0.3 is 0 Å². The molecule has 1 aliphatic heterocycles. The lowest BCUT2D eigenvalue weighted by atomic mass is 10.1. The maximum Gasteiger partial charge on any atom is 0.251 e. The van der Waals surface area contributed by atoms with E-state index >= 15 is 0 Å². The highest BCUT2D eigenvalue weighted by Gasteiger charge is 2.26. The predicted molar refractivity (Wildman–Crippen MR) is 74.2 cm³/mol. The number of nitrogens with zero attached hydrogens (tertiary/aromatic N) is 1. The van der Waals surface area contributed by atoms with Crippen molar-refractivity contribution in [3.05, 3.63) is 42.2 Å². The number of β-amino-alcohol motifs (C(OH)–C–C–N with tert-alkyl or cyclic N) is 1. The van der Waals surface area contributed by atoms with E-state index in [2.05, 4.69) is 20.8 Å². The van der Waals surface area contributed by atoms with Gasteiger partial charge in [-0.25, -0.2) is 0 Å². The first-order chi connectivity index (χ1) is 9.74. The Balaban J connectivity index is 1.76. The van der Waals surface area contributed by atoms with Crippen molar-refractivity contribution in [3.8, 4) is 11.1 Å². The van der Waals surface area contributed by atoms with Crippen molar-refractivity contribution in [1.82, 2.24) is 20.8 Å². The number of nitrogens with one attached hydrogen (secondary N) is 3. The Morgan fingerprint density at radius 2 is 2.25 bits per heavy atom. The van der Waals surface area contributed by atoms with E-state index in [0.29, 0.717) is 18.7 Å². The molecule has 1 aliphatic rings. The molecule has 1 aromatic carbocycles. The first kappa shape index (κ1) is 12.8. The number of hydrogen-bond donors (Lipinski definition) is 4. The topological polar surface area (TPSA) is 90.0 Å². The molecule has 0 unspecified atom stereocenters. The van der Waals surface area contributed by atoms with E-state index < -0.39 is 6.10 Å². The van der Waals surface area contributed by atoms with Crippen molar-refractivity contribution in [3.63, 3.8) is 0 Å². The average Bonchev–Trinajstić information content (AvgIpc) is 3.12. The normalized spacial score (nSPS) is 21.9. The summed E-state index contributed by atoms with van der Waals surface area (Å²) in [4.78, 5) is 12.2. The van der Waals surface area contributed by atoms with Crippen LogP contribution in [0.25, 0.3) is 11.1 Å². The van der Waals surface area contributed by atoms with Gasteiger partial charge in [-0.2, -0.15) is 5.10 Å². The van der Waals surface area contributed by atoms with E-state index in [1.165, 1.54) is 0 Å². The van der Waals surface area contributed by atoms with Crippen LogP contribution in [0.2, 0.25) is 0 Å². The fourth-order valence-corrected chi connectivity index (χ4v) is 2.31. The second-order valence-electron chi connectivity index (χ2n) is 4.87. The van der Waals surface area contributed by atoms with Gasteiger partial charge in [-0.05, 0) is 17.7 Å². The van der Waals surface area contributed by atoms with Gasteiger partial charge in [0.25, 0.3) is 5.91 Å². The van der Waals surface area contributed by atoms with Crippen LogP contribution >= 0.6 is 0 Å². The fourth-order valence-electron chi connectivity index (χ4n) is 2.31. The minimum absolute atomic E-state index is 0.178. The van der Waals surface area contributed by atoms with Crippen LogP contribution in [-0.2, 0) is 0 Å². The summed E-state index contributed by atoms with van der Waals surface area (Å²) in [6.45, 7) is 1.11. The Morgan fingerprint density at radius 3 is 2.95 bits per heavy atom. The minimum Gasteiger partial charge on any atom is -0.390 e. The van der Waals surface area contributed by atoms with Gasteiger partial charge in [0, 0.05) is 30.4 Å². The maximum absolute atomic E-state index is 12.2. The van der Waals surface area contributed by atoms with Crippen LogP contribution in [0.1, 0.15) is 10.4 Å². The van der Waals surface area contributed by atoms with Gasteiger partial charge in [0.15, 0.2) is 0 Å². The molecule has 0 saturated carbocycles. The molecule has 2 aromatic rings. The minimum atomic E-state index is -0.531. The zero-order valence-electron chi connectivity index (χ0n) is 10.8. The number of H-pyrrole nitrogens is 1. The molecule has 6 heteroatoms. The molecule has 6 nitrogen and oxygen atoms in total. The third-order valence-corrected chi connectivity index (χ3v) is 3.45. The molecule has 1 fully saturated rings. The summed E-state index contributed by atoms with van der Waals surface area (Å²) in [6.07, 6.45) is 2.96. The van der Waals surface area contributed by atoms with E-state index in [4.69, 9.17) is 0 Å². The fraction of sp³-hybridized carbons (Fsp3) is 0.286. The molecule has 20 heavy (non-hydrogen) atoms. The number of aromatic amines is 1.